The van der Waals surface area contributed by atoms with E-state index in [1.165, 1.54) is 26.1 Å². The fourth-order valence-electron chi connectivity index (χ4n) is 2.27. The summed E-state index contributed by atoms with van der Waals surface area (Å²) in [6, 6.07) is 0.781. The molecule has 2 nitrogen and oxygen atoms in total. The zero-order valence-corrected chi connectivity index (χ0v) is 8.56. The monoisotopic (exact) mass is 170 g/mol. The van der Waals surface area contributed by atoms with Crippen LogP contribution < -0.4 is 10.6 Å². The van der Waals surface area contributed by atoms with Gasteiger partial charge in [0.2, 0.25) is 0 Å². The van der Waals surface area contributed by atoms with Crippen molar-refractivity contribution < 1.29 is 0 Å². The summed E-state index contributed by atoms with van der Waals surface area (Å²) >= 11 is 0. The summed E-state index contributed by atoms with van der Waals surface area (Å²) < 4.78 is 0. The summed E-state index contributed by atoms with van der Waals surface area (Å²) in [5.41, 5.74) is 0. The fraction of sp³-hybridized carbons (Fsp3) is 1.00. The lowest BCUT2D eigenvalue weighted by Crippen LogP contribution is -2.44. The second-order valence-electron chi connectivity index (χ2n) is 3.65. The van der Waals surface area contributed by atoms with Crippen LogP contribution in [0.1, 0.15) is 27.2 Å². The van der Waals surface area contributed by atoms with E-state index in [4.69, 9.17) is 0 Å². The maximum Gasteiger partial charge on any atom is 0.0224 e. The molecule has 2 aliphatic rings. The average molecular weight is 170 g/mol. The molecule has 2 fully saturated rings. The number of hydrogen-bond donors (Lipinski definition) is 2. The highest BCUT2D eigenvalue weighted by Gasteiger charge is 2.34. The molecule has 3 unspecified atom stereocenters. The van der Waals surface area contributed by atoms with Crippen molar-refractivity contribution in [1.82, 2.24) is 10.6 Å². The zero-order valence-electron chi connectivity index (χ0n) is 8.56. The van der Waals surface area contributed by atoms with Crippen LogP contribution >= 0.6 is 0 Å². The Morgan fingerprint density at radius 3 is 2.58 bits per heavy atom. The predicted octanol–water partition coefficient (Wildman–Crippen LogP) is 1.23. The molecule has 72 valence electrons. The number of rotatable bonds is 0. The van der Waals surface area contributed by atoms with Crippen molar-refractivity contribution in [2.75, 3.05) is 19.6 Å². The quantitative estimate of drug-likeness (QED) is 0.571. The van der Waals surface area contributed by atoms with E-state index in [0.717, 1.165) is 17.9 Å². The van der Waals surface area contributed by atoms with Gasteiger partial charge in [-0.3, -0.25) is 0 Å². The minimum atomic E-state index is 0.781. The Kier molecular flexibility index (Phi) is 4.02. The normalized spacial score (nSPS) is 39.8. The lowest BCUT2D eigenvalue weighted by Gasteiger charge is -2.27. The van der Waals surface area contributed by atoms with Crippen LogP contribution in [0.5, 0.6) is 0 Å². The van der Waals surface area contributed by atoms with Crippen LogP contribution in [0.25, 0.3) is 0 Å². The van der Waals surface area contributed by atoms with E-state index >= 15 is 0 Å². The Morgan fingerprint density at radius 1 is 1.17 bits per heavy atom. The Hall–Kier alpha value is -0.0800. The topological polar surface area (TPSA) is 24.1 Å². The number of nitrogens with one attached hydrogen (secondary N) is 2. The van der Waals surface area contributed by atoms with Crippen LogP contribution in [-0.2, 0) is 0 Å². The number of piperidine rings is 1. The second-order valence-corrected chi connectivity index (χ2v) is 3.65. The smallest absolute Gasteiger partial charge is 0.0224 e. The molecule has 2 saturated heterocycles. The molecule has 2 aliphatic heterocycles. The summed E-state index contributed by atoms with van der Waals surface area (Å²) in [4.78, 5) is 0. The van der Waals surface area contributed by atoms with Gasteiger partial charge in [-0.1, -0.05) is 20.8 Å². The molecule has 0 radical (unpaired) electrons. The van der Waals surface area contributed by atoms with E-state index in [-0.39, 0.29) is 0 Å². The number of hydrogen-bond acceptors (Lipinski definition) is 2. The van der Waals surface area contributed by atoms with E-state index in [2.05, 4.69) is 17.6 Å². The van der Waals surface area contributed by atoms with Crippen LogP contribution in [-0.4, -0.2) is 25.7 Å². The highest BCUT2D eigenvalue weighted by molar-refractivity contribution is 4.92. The fourth-order valence-corrected chi connectivity index (χ4v) is 2.27. The van der Waals surface area contributed by atoms with Crippen molar-refractivity contribution in [1.29, 1.82) is 0 Å². The third-order valence-corrected chi connectivity index (χ3v) is 2.97. The highest BCUT2D eigenvalue weighted by atomic mass is 15.0. The third-order valence-electron chi connectivity index (χ3n) is 2.97. The van der Waals surface area contributed by atoms with Gasteiger partial charge in [0, 0.05) is 12.6 Å². The van der Waals surface area contributed by atoms with E-state index < -0.39 is 0 Å². The first kappa shape index (κ1) is 10.0. The first-order valence-corrected chi connectivity index (χ1v) is 5.32. The van der Waals surface area contributed by atoms with Gasteiger partial charge in [-0.05, 0) is 31.3 Å². The standard InChI is InChI=1S/C8H16N2.C2H6/c1-6-4-10-8-5-9-3-2-7(6)8;1-2/h6-10H,2-5H2,1H3;1-2H3. The zero-order chi connectivity index (χ0) is 8.97. The van der Waals surface area contributed by atoms with E-state index in [0.29, 0.717) is 0 Å². The average Bonchev–Trinajstić information content (AvgIpc) is 2.53. The Labute approximate surface area is 76.1 Å². The molecular weight excluding hydrogens is 148 g/mol. The SMILES string of the molecule is CC.CC1CNC2CNCCC12. The lowest BCUT2D eigenvalue weighted by atomic mass is 9.87. The second kappa shape index (κ2) is 4.83. The molecule has 3 atom stereocenters. The Morgan fingerprint density at radius 2 is 1.92 bits per heavy atom. The van der Waals surface area contributed by atoms with Crippen LogP contribution in [0.3, 0.4) is 0 Å². The molecule has 2 rings (SSSR count). The molecule has 0 saturated carbocycles. The molecule has 2 heterocycles. The maximum atomic E-state index is 3.55. The van der Waals surface area contributed by atoms with Crippen molar-refractivity contribution in [2.24, 2.45) is 11.8 Å². The number of fused-ring (bicyclic) bond motifs is 1. The molecule has 0 aliphatic carbocycles. The molecule has 0 spiro atoms. The van der Waals surface area contributed by atoms with E-state index in [9.17, 15) is 0 Å². The summed E-state index contributed by atoms with van der Waals surface area (Å²) in [5.74, 6) is 1.87. The molecular formula is C10H22N2. The van der Waals surface area contributed by atoms with Crippen LogP contribution in [0.2, 0.25) is 0 Å². The van der Waals surface area contributed by atoms with Gasteiger partial charge < -0.3 is 10.6 Å². The molecule has 0 bridgehead atoms. The molecule has 2 N–H and O–H groups in total. The summed E-state index contributed by atoms with van der Waals surface area (Å²) in [6.07, 6.45) is 1.37. The third kappa shape index (κ3) is 1.99. The van der Waals surface area contributed by atoms with Gasteiger partial charge in [-0.15, -0.1) is 0 Å². The Bertz CT molecular complexity index is 123. The molecule has 0 aromatic rings. The van der Waals surface area contributed by atoms with Gasteiger partial charge in [0.1, 0.15) is 0 Å². The Balaban J connectivity index is 0.000000336. The molecule has 0 aromatic heterocycles. The van der Waals surface area contributed by atoms with Crippen molar-refractivity contribution in [3.63, 3.8) is 0 Å². The molecule has 0 amide bonds. The van der Waals surface area contributed by atoms with E-state index in [1.807, 2.05) is 13.8 Å². The first-order valence-electron chi connectivity index (χ1n) is 5.32. The van der Waals surface area contributed by atoms with Crippen molar-refractivity contribution >= 4 is 0 Å². The summed E-state index contributed by atoms with van der Waals surface area (Å²) in [5, 5.41) is 6.96. The van der Waals surface area contributed by atoms with Crippen molar-refractivity contribution in [2.45, 2.75) is 33.2 Å². The van der Waals surface area contributed by atoms with Crippen LogP contribution in [0.4, 0.5) is 0 Å². The first-order chi connectivity index (χ1) is 5.88. The largest absolute Gasteiger partial charge is 0.315 e. The van der Waals surface area contributed by atoms with E-state index in [1.54, 1.807) is 0 Å². The maximum absolute atomic E-state index is 3.55. The summed E-state index contributed by atoms with van der Waals surface area (Å²) in [6.45, 7) is 10.0. The highest BCUT2D eigenvalue weighted by Crippen LogP contribution is 2.26. The lowest BCUT2D eigenvalue weighted by molar-refractivity contribution is 0.300. The van der Waals surface area contributed by atoms with Gasteiger partial charge in [0.25, 0.3) is 0 Å². The summed E-state index contributed by atoms with van der Waals surface area (Å²) in [7, 11) is 0. The molecule has 12 heavy (non-hydrogen) atoms. The van der Waals surface area contributed by atoms with Crippen molar-refractivity contribution in [3.05, 3.63) is 0 Å². The minimum absolute atomic E-state index is 0.781. The molecule has 2 heteroatoms. The van der Waals surface area contributed by atoms with Gasteiger partial charge >= 0.3 is 0 Å². The minimum Gasteiger partial charge on any atom is -0.315 e. The predicted molar refractivity (Wildman–Crippen MR) is 53.3 cm³/mol. The van der Waals surface area contributed by atoms with Gasteiger partial charge in [-0.2, -0.15) is 0 Å². The van der Waals surface area contributed by atoms with Crippen molar-refractivity contribution in [3.8, 4) is 0 Å². The van der Waals surface area contributed by atoms with Gasteiger partial charge in [0.05, 0.1) is 0 Å². The van der Waals surface area contributed by atoms with Crippen LogP contribution in [0, 0.1) is 11.8 Å². The molecule has 0 aromatic carbocycles. The van der Waals surface area contributed by atoms with Gasteiger partial charge in [-0.25, -0.2) is 0 Å². The van der Waals surface area contributed by atoms with Crippen LogP contribution in [0.15, 0.2) is 0 Å². The van der Waals surface area contributed by atoms with Gasteiger partial charge in [0.15, 0.2) is 0 Å².